The molecule has 2 aromatic rings. The molecule has 0 atom stereocenters. The van der Waals surface area contributed by atoms with Gasteiger partial charge in [0.2, 0.25) is 0 Å². The summed E-state index contributed by atoms with van der Waals surface area (Å²) in [7, 11) is 1.48. The van der Waals surface area contributed by atoms with Gasteiger partial charge in [0.05, 0.1) is 18.5 Å². The molecule has 0 saturated carbocycles. The van der Waals surface area contributed by atoms with E-state index in [-0.39, 0.29) is 5.57 Å². The van der Waals surface area contributed by atoms with Crippen LogP contribution in [0.25, 0.3) is 6.08 Å². The number of ether oxygens (including phenoxy) is 1. The van der Waals surface area contributed by atoms with Gasteiger partial charge >= 0.3 is 0 Å². The highest BCUT2D eigenvalue weighted by atomic mass is 35.5. The molecule has 0 aliphatic heterocycles. The zero-order valence-corrected chi connectivity index (χ0v) is 14.6. The maximum absolute atomic E-state index is 12.4. The molecule has 124 valence electrons. The number of hydrogen-bond acceptors (Lipinski definition) is 4. The molecule has 0 aliphatic carbocycles. The lowest BCUT2D eigenvalue weighted by Crippen LogP contribution is -2.14. The van der Waals surface area contributed by atoms with Gasteiger partial charge in [0, 0.05) is 22.3 Å². The Kier molecular flexibility index (Phi) is 5.27. The molecule has 0 fully saturated rings. The summed E-state index contributed by atoms with van der Waals surface area (Å²) in [6, 6.07) is 5.23. The predicted molar refractivity (Wildman–Crippen MR) is 93.0 cm³/mol. The lowest BCUT2D eigenvalue weighted by atomic mass is 10.1. The van der Waals surface area contributed by atoms with E-state index in [1.165, 1.54) is 13.2 Å². The molecule has 6 nitrogen and oxygen atoms in total. The van der Waals surface area contributed by atoms with Crippen molar-refractivity contribution in [2.45, 2.75) is 20.8 Å². The van der Waals surface area contributed by atoms with E-state index in [0.29, 0.717) is 22.2 Å². The van der Waals surface area contributed by atoms with Crippen LogP contribution in [0.2, 0.25) is 5.02 Å². The molecule has 2 rings (SSSR count). The van der Waals surface area contributed by atoms with Crippen LogP contribution in [0.15, 0.2) is 17.7 Å². The van der Waals surface area contributed by atoms with Crippen molar-refractivity contribution in [3.05, 3.63) is 45.2 Å². The highest BCUT2D eigenvalue weighted by Crippen LogP contribution is 2.31. The highest BCUT2D eigenvalue weighted by Gasteiger charge is 2.15. The van der Waals surface area contributed by atoms with Gasteiger partial charge in [-0.3, -0.25) is 9.89 Å². The summed E-state index contributed by atoms with van der Waals surface area (Å²) in [6.07, 6.45) is 1.51. The van der Waals surface area contributed by atoms with Crippen LogP contribution in [0.1, 0.15) is 22.5 Å². The number of aryl methyl sites for hydroxylation is 3. The van der Waals surface area contributed by atoms with Crippen LogP contribution >= 0.6 is 11.6 Å². The van der Waals surface area contributed by atoms with Gasteiger partial charge in [-0.25, -0.2) is 0 Å². The summed E-state index contributed by atoms with van der Waals surface area (Å²) >= 11 is 6.05. The Morgan fingerprint density at radius 2 is 2.12 bits per heavy atom. The topological polar surface area (TPSA) is 90.8 Å². The molecule has 1 heterocycles. The van der Waals surface area contributed by atoms with Crippen LogP contribution in [-0.2, 0) is 4.79 Å². The number of nitrogens with zero attached hydrogens (tertiary/aromatic N) is 2. The Labute approximate surface area is 145 Å². The van der Waals surface area contributed by atoms with E-state index < -0.39 is 5.91 Å². The van der Waals surface area contributed by atoms with E-state index in [2.05, 4.69) is 15.5 Å². The normalized spacial score (nSPS) is 11.1. The van der Waals surface area contributed by atoms with Gasteiger partial charge in [0.25, 0.3) is 5.91 Å². The number of anilines is 1. The van der Waals surface area contributed by atoms with Crippen LogP contribution < -0.4 is 10.1 Å². The number of H-pyrrole nitrogens is 1. The average Bonchev–Trinajstić information content (AvgIpc) is 2.86. The lowest BCUT2D eigenvalue weighted by molar-refractivity contribution is -0.112. The van der Waals surface area contributed by atoms with Crippen molar-refractivity contribution in [1.82, 2.24) is 10.2 Å². The van der Waals surface area contributed by atoms with Gasteiger partial charge in [0.15, 0.2) is 0 Å². The lowest BCUT2D eigenvalue weighted by Gasteiger charge is -2.12. The number of carbonyl (C=O) groups excluding carboxylic acids is 1. The molecule has 0 saturated heterocycles. The van der Waals surface area contributed by atoms with Gasteiger partial charge in [-0.2, -0.15) is 10.4 Å². The Hall–Kier alpha value is -2.78. The first kappa shape index (κ1) is 17.6. The molecule has 0 bridgehead atoms. The summed E-state index contributed by atoms with van der Waals surface area (Å²) < 4.78 is 5.22. The first-order valence-corrected chi connectivity index (χ1v) is 7.54. The molecule has 2 N–H and O–H groups in total. The van der Waals surface area contributed by atoms with E-state index in [1.54, 1.807) is 19.1 Å². The van der Waals surface area contributed by atoms with Crippen molar-refractivity contribution < 1.29 is 9.53 Å². The van der Waals surface area contributed by atoms with Gasteiger partial charge < -0.3 is 10.1 Å². The minimum atomic E-state index is -0.530. The second-order valence-corrected chi connectivity index (χ2v) is 5.68. The van der Waals surface area contributed by atoms with E-state index in [9.17, 15) is 10.1 Å². The summed E-state index contributed by atoms with van der Waals surface area (Å²) in [6.45, 7) is 5.44. The number of aromatic nitrogens is 2. The minimum Gasteiger partial charge on any atom is -0.495 e. The maximum Gasteiger partial charge on any atom is 0.266 e. The third-order valence-corrected chi connectivity index (χ3v) is 3.98. The fourth-order valence-corrected chi connectivity index (χ4v) is 2.34. The summed E-state index contributed by atoms with van der Waals surface area (Å²) in [5.74, 6) is -0.107. The zero-order chi connectivity index (χ0) is 17.9. The zero-order valence-electron chi connectivity index (χ0n) is 13.8. The van der Waals surface area contributed by atoms with Crippen molar-refractivity contribution in [2.24, 2.45) is 0 Å². The van der Waals surface area contributed by atoms with Gasteiger partial charge in [0.1, 0.15) is 17.4 Å². The molecule has 1 aromatic carbocycles. The molecule has 0 unspecified atom stereocenters. The SMILES string of the molecule is COc1cc(Cl)c(C)cc1NC(=O)C(C#N)=Cc1c(C)n[nH]c1C. The number of amides is 1. The van der Waals surface area contributed by atoms with Crippen LogP contribution in [-0.4, -0.2) is 23.2 Å². The second kappa shape index (κ2) is 7.20. The number of halogens is 1. The Morgan fingerprint density at radius 1 is 1.42 bits per heavy atom. The number of methoxy groups -OCH3 is 1. The van der Waals surface area contributed by atoms with E-state index in [1.807, 2.05) is 19.9 Å². The summed E-state index contributed by atoms with van der Waals surface area (Å²) in [5, 5.41) is 19.4. The Morgan fingerprint density at radius 3 is 2.67 bits per heavy atom. The highest BCUT2D eigenvalue weighted by molar-refractivity contribution is 6.31. The summed E-state index contributed by atoms with van der Waals surface area (Å²) in [5.41, 5.74) is 3.43. The summed E-state index contributed by atoms with van der Waals surface area (Å²) in [4.78, 5) is 12.4. The number of rotatable bonds is 4. The van der Waals surface area contributed by atoms with Crippen LogP contribution in [0.5, 0.6) is 5.75 Å². The van der Waals surface area contributed by atoms with Crippen molar-refractivity contribution in [1.29, 1.82) is 5.26 Å². The Balaban J connectivity index is 2.35. The predicted octanol–water partition coefficient (Wildman–Crippen LogP) is 3.54. The molecule has 7 heteroatoms. The number of hydrogen-bond donors (Lipinski definition) is 2. The Bertz CT molecular complexity index is 843. The fourth-order valence-electron chi connectivity index (χ4n) is 2.18. The van der Waals surface area contributed by atoms with E-state index in [0.717, 1.165) is 16.8 Å². The quantitative estimate of drug-likeness (QED) is 0.655. The monoisotopic (exact) mass is 344 g/mol. The van der Waals surface area contributed by atoms with Gasteiger partial charge in [-0.1, -0.05) is 11.6 Å². The van der Waals surface area contributed by atoms with Crippen LogP contribution in [0, 0.1) is 32.1 Å². The fraction of sp³-hybridized carbons (Fsp3) is 0.235. The van der Waals surface area contributed by atoms with Crippen LogP contribution in [0.3, 0.4) is 0 Å². The van der Waals surface area contributed by atoms with Crippen molar-refractivity contribution in [3.8, 4) is 11.8 Å². The van der Waals surface area contributed by atoms with E-state index >= 15 is 0 Å². The number of nitrogens with one attached hydrogen (secondary N) is 2. The van der Waals surface area contributed by atoms with Gasteiger partial charge in [-0.15, -0.1) is 0 Å². The standard InChI is InChI=1S/C17H17ClN4O2/c1-9-5-15(16(24-4)7-14(9)18)20-17(23)12(8-19)6-13-10(2)21-22-11(13)3/h5-7H,1-4H3,(H,20,23)(H,21,22). The number of nitriles is 1. The molecule has 0 aliphatic rings. The average molecular weight is 345 g/mol. The molecule has 24 heavy (non-hydrogen) atoms. The third-order valence-electron chi connectivity index (χ3n) is 3.57. The number of carbonyl (C=O) groups is 1. The molecule has 1 amide bonds. The maximum atomic E-state index is 12.4. The number of benzene rings is 1. The number of aromatic amines is 1. The smallest absolute Gasteiger partial charge is 0.266 e. The first-order valence-electron chi connectivity index (χ1n) is 7.16. The van der Waals surface area contributed by atoms with Gasteiger partial charge in [-0.05, 0) is 38.5 Å². The second-order valence-electron chi connectivity index (χ2n) is 5.27. The molecular formula is C17H17ClN4O2. The van der Waals surface area contributed by atoms with E-state index in [4.69, 9.17) is 16.3 Å². The molecule has 0 spiro atoms. The third kappa shape index (κ3) is 3.58. The molecular weight excluding hydrogens is 328 g/mol. The molecule has 1 aromatic heterocycles. The first-order chi connectivity index (χ1) is 11.4. The molecule has 0 radical (unpaired) electrons. The largest absolute Gasteiger partial charge is 0.495 e. The minimum absolute atomic E-state index is 0.0303. The van der Waals surface area contributed by atoms with Crippen LogP contribution in [0.4, 0.5) is 5.69 Å². The van der Waals surface area contributed by atoms with Crippen molar-refractivity contribution >= 4 is 29.3 Å². The van der Waals surface area contributed by atoms with Crippen molar-refractivity contribution in [3.63, 3.8) is 0 Å². The van der Waals surface area contributed by atoms with Crippen molar-refractivity contribution in [2.75, 3.05) is 12.4 Å².